The summed E-state index contributed by atoms with van der Waals surface area (Å²) in [5, 5.41) is 2.69. The highest BCUT2D eigenvalue weighted by atomic mass is 16.5. The Morgan fingerprint density at radius 1 is 0.796 bits per heavy atom. The Balaban J connectivity index is 1.30. The molecule has 14 heteroatoms. The standard InChI is InChI=1S/C40H52N8O6/c1-22(2)32(46-39(51)53-7)38(50)47-19-9-10-31(47)36-42-20-29(44-36)27-15-11-25(12-16-27)26-13-17-28(18-14-26)30-21-43-37(45-30)34(24(5)6)48(40(52)54-8)33(23(3)4)35(41)49/h11-18,20-24,31-34H,9-10,19H2,1-8H3,(H2,41,49)(H,42,44)(H,43,45)(H,46,51)/t31-,32-,33-,34+/m0/s1. The van der Waals surface area contributed by atoms with Gasteiger partial charge in [0.15, 0.2) is 0 Å². The van der Waals surface area contributed by atoms with E-state index in [1.165, 1.54) is 19.1 Å². The number of nitrogens with zero attached hydrogens (tertiary/aromatic N) is 4. The third-order valence-electron chi connectivity index (χ3n) is 9.98. The van der Waals surface area contributed by atoms with E-state index in [0.717, 1.165) is 46.5 Å². The molecule has 0 aliphatic carbocycles. The van der Waals surface area contributed by atoms with Crippen molar-refractivity contribution in [3.63, 3.8) is 0 Å². The van der Waals surface area contributed by atoms with Crippen LogP contribution in [0, 0.1) is 17.8 Å². The Kier molecular flexibility index (Phi) is 12.4. The topological polar surface area (TPSA) is 189 Å². The minimum Gasteiger partial charge on any atom is -0.453 e. The van der Waals surface area contributed by atoms with Crippen LogP contribution >= 0.6 is 0 Å². The van der Waals surface area contributed by atoms with Gasteiger partial charge in [-0.3, -0.25) is 14.5 Å². The van der Waals surface area contributed by atoms with Gasteiger partial charge in [0, 0.05) is 6.54 Å². The molecule has 4 atom stereocenters. The molecule has 3 heterocycles. The van der Waals surface area contributed by atoms with E-state index >= 15 is 0 Å². The Morgan fingerprint density at radius 2 is 1.35 bits per heavy atom. The number of ether oxygens (including phenoxy) is 2. The molecule has 0 bridgehead atoms. The van der Waals surface area contributed by atoms with Crippen LogP contribution in [0.2, 0.25) is 0 Å². The lowest BCUT2D eigenvalue weighted by atomic mass is 9.95. The highest BCUT2D eigenvalue weighted by molar-refractivity contribution is 5.86. The Hall–Kier alpha value is -5.66. The summed E-state index contributed by atoms with van der Waals surface area (Å²) < 4.78 is 9.84. The summed E-state index contributed by atoms with van der Waals surface area (Å²) in [6.07, 6.45) is 3.84. The maximum atomic E-state index is 13.5. The van der Waals surface area contributed by atoms with Crippen molar-refractivity contribution in [1.82, 2.24) is 35.1 Å². The van der Waals surface area contributed by atoms with Gasteiger partial charge in [0.1, 0.15) is 23.7 Å². The Labute approximate surface area is 316 Å². The lowest BCUT2D eigenvalue weighted by Gasteiger charge is -2.38. The van der Waals surface area contributed by atoms with E-state index in [1.54, 1.807) is 17.3 Å². The fourth-order valence-corrected chi connectivity index (χ4v) is 7.22. The summed E-state index contributed by atoms with van der Waals surface area (Å²) in [5.41, 5.74) is 11.3. The smallest absolute Gasteiger partial charge is 0.410 e. The second kappa shape index (κ2) is 17.0. The molecule has 0 unspecified atom stereocenters. The number of hydrogen-bond acceptors (Lipinski definition) is 8. The van der Waals surface area contributed by atoms with Gasteiger partial charge >= 0.3 is 12.2 Å². The first kappa shape index (κ1) is 39.5. The summed E-state index contributed by atoms with van der Waals surface area (Å²) in [5.74, 6) is 0.0251. The van der Waals surface area contributed by atoms with Gasteiger partial charge in [0.25, 0.3) is 0 Å². The number of benzene rings is 2. The number of carbonyl (C=O) groups is 4. The number of aromatic nitrogens is 4. The zero-order valence-corrected chi connectivity index (χ0v) is 32.3. The van der Waals surface area contributed by atoms with E-state index in [0.29, 0.717) is 18.2 Å². The van der Waals surface area contributed by atoms with E-state index in [1.807, 2.05) is 77.9 Å². The Bertz CT molecular complexity index is 1920. The molecule has 288 valence electrons. The number of likely N-dealkylation sites (tertiary alicyclic amines) is 1. The van der Waals surface area contributed by atoms with Gasteiger partial charge < -0.3 is 35.4 Å². The second-order valence-electron chi connectivity index (χ2n) is 14.7. The van der Waals surface area contributed by atoms with Crippen molar-refractivity contribution < 1.29 is 28.7 Å². The van der Waals surface area contributed by atoms with Crippen molar-refractivity contribution in [1.29, 1.82) is 0 Å². The molecule has 4 amide bonds. The number of primary amides is 1. The molecular formula is C40H52N8O6. The molecule has 2 aromatic carbocycles. The average molecular weight is 741 g/mol. The number of imidazole rings is 2. The second-order valence-corrected chi connectivity index (χ2v) is 14.7. The average Bonchev–Trinajstić information content (AvgIpc) is 3.94. The maximum absolute atomic E-state index is 13.5. The number of amides is 4. The first-order valence-corrected chi connectivity index (χ1v) is 18.4. The van der Waals surface area contributed by atoms with Gasteiger partial charge in [-0.2, -0.15) is 0 Å². The van der Waals surface area contributed by atoms with E-state index in [4.69, 9.17) is 15.2 Å². The molecule has 1 aliphatic heterocycles. The molecule has 1 saturated heterocycles. The quantitative estimate of drug-likeness (QED) is 0.120. The highest BCUT2D eigenvalue weighted by Gasteiger charge is 2.41. The van der Waals surface area contributed by atoms with E-state index in [9.17, 15) is 19.2 Å². The molecule has 4 aromatic rings. The van der Waals surface area contributed by atoms with Crippen molar-refractivity contribution >= 4 is 24.0 Å². The molecule has 1 fully saturated rings. The van der Waals surface area contributed by atoms with Crippen LogP contribution in [-0.4, -0.2) is 86.6 Å². The SMILES string of the molecule is COC(=O)N[C@H](C(=O)N1CCC[C@H]1c1ncc(-c2ccc(-c3ccc(-c4cnc([C@@H](C(C)C)N(C(=O)OC)[C@H](C(N)=O)C(C)C)[nH]4)cc3)cc2)[nH]1)C(C)C. The van der Waals surface area contributed by atoms with Crippen LogP contribution in [0.4, 0.5) is 9.59 Å². The number of aromatic amines is 2. The molecule has 5 N–H and O–H groups in total. The molecule has 0 radical (unpaired) electrons. The summed E-state index contributed by atoms with van der Waals surface area (Å²) in [4.78, 5) is 70.3. The van der Waals surface area contributed by atoms with Crippen LogP contribution in [0.3, 0.4) is 0 Å². The van der Waals surface area contributed by atoms with Crippen LogP contribution in [0.1, 0.15) is 78.1 Å². The molecule has 0 saturated carbocycles. The maximum Gasteiger partial charge on any atom is 0.410 e. The van der Waals surface area contributed by atoms with Crippen molar-refractivity contribution in [2.45, 2.75) is 78.6 Å². The van der Waals surface area contributed by atoms with Gasteiger partial charge in [-0.1, -0.05) is 90.1 Å². The minimum atomic E-state index is -0.881. The number of nitrogens with two attached hydrogens (primary N) is 1. The zero-order valence-electron chi connectivity index (χ0n) is 32.3. The predicted octanol–water partition coefficient (Wildman–Crippen LogP) is 6.45. The van der Waals surface area contributed by atoms with Gasteiger partial charge in [-0.15, -0.1) is 0 Å². The van der Waals surface area contributed by atoms with Crippen LogP contribution in [-0.2, 0) is 19.1 Å². The number of carbonyl (C=O) groups excluding carboxylic acids is 4. The predicted molar refractivity (Wildman–Crippen MR) is 205 cm³/mol. The van der Waals surface area contributed by atoms with Crippen molar-refractivity contribution in [3.05, 3.63) is 72.6 Å². The minimum absolute atomic E-state index is 0.108. The van der Waals surface area contributed by atoms with Gasteiger partial charge in [0.2, 0.25) is 11.8 Å². The van der Waals surface area contributed by atoms with Crippen LogP contribution in [0.5, 0.6) is 0 Å². The van der Waals surface area contributed by atoms with Crippen molar-refractivity contribution in [2.75, 3.05) is 20.8 Å². The molecule has 0 spiro atoms. The summed E-state index contributed by atoms with van der Waals surface area (Å²) in [7, 11) is 2.57. The first-order valence-electron chi connectivity index (χ1n) is 18.4. The largest absolute Gasteiger partial charge is 0.453 e. The van der Waals surface area contributed by atoms with E-state index < -0.39 is 36.2 Å². The van der Waals surface area contributed by atoms with Crippen molar-refractivity contribution in [2.24, 2.45) is 23.5 Å². The summed E-state index contributed by atoms with van der Waals surface area (Å²) in [6.45, 7) is 12.0. The Morgan fingerprint density at radius 3 is 1.85 bits per heavy atom. The molecule has 14 nitrogen and oxygen atoms in total. The van der Waals surface area contributed by atoms with Crippen LogP contribution < -0.4 is 11.1 Å². The molecule has 54 heavy (non-hydrogen) atoms. The van der Waals surface area contributed by atoms with Crippen molar-refractivity contribution in [3.8, 4) is 33.6 Å². The lowest BCUT2D eigenvalue weighted by Crippen LogP contribution is -2.53. The van der Waals surface area contributed by atoms with Gasteiger partial charge in [0.05, 0.1) is 50.1 Å². The lowest BCUT2D eigenvalue weighted by molar-refractivity contribution is -0.135. The third-order valence-corrected chi connectivity index (χ3v) is 9.98. The number of methoxy groups -OCH3 is 2. The van der Waals surface area contributed by atoms with Gasteiger partial charge in [-0.05, 0) is 52.8 Å². The fourth-order valence-electron chi connectivity index (χ4n) is 7.22. The summed E-state index contributed by atoms with van der Waals surface area (Å²) >= 11 is 0. The molecule has 2 aromatic heterocycles. The number of hydrogen-bond donors (Lipinski definition) is 4. The van der Waals surface area contributed by atoms with Gasteiger partial charge in [-0.25, -0.2) is 19.6 Å². The highest BCUT2D eigenvalue weighted by Crippen LogP contribution is 2.35. The third kappa shape index (κ3) is 8.42. The molecule has 1 aliphatic rings. The number of rotatable bonds is 13. The summed E-state index contributed by atoms with van der Waals surface area (Å²) in [6, 6.07) is 13.9. The van der Waals surface area contributed by atoms with E-state index in [2.05, 4.69) is 37.4 Å². The molecule has 5 rings (SSSR count). The fraction of sp³-hybridized carbons (Fsp3) is 0.450. The first-order chi connectivity index (χ1) is 25.7. The number of H-pyrrole nitrogens is 2. The monoisotopic (exact) mass is 740 g/mol. The van der Waals surface area contributed by atoms with Crippen LogP contribution in [0.25, 0.3) is 33.6 Å². The molecular weight excluding hydrogens is 688 g/mol. The number of nitrogens with one attached hydrogen (secondary N) is 3. The van der Waals surface area contributed by atoms with Crippen LogP contribution in [0.15, 0.2) is 60.9 Å². The number of alkyl carbamates (subject to hydrolysis) is 1. The normalized spacial score (nSPS) is 16.0. The zero-order chi connectivity index (χ0) is 39.3. The van der Waals surface area contributed by atoms with E-state index in [-0.39, 0.29) is 29.7 Å².